The molecular formula is C23H26N4O5S. The summed E-state index contributed by atoms with van der Waals surface area (Å²) in [5.74, 6) is -0.100. The molecule has 0 aliphatic carbocycles. The van der Waals surface area contributed by atoms with E-state index in [1.165, 1.54) is 23.2 Å². The Morgan fingerprint density at radius 3 is 2.67 bits per heavy atom. The van der Waals surface area contributed by atoms with E-state index in [-0.39, 0.29) is 24.9 Å². The Kier molecular flexibility index (Phi) is 6.37. The first-order valence-corrected chi connectivity index (χ1v) is 11.5. The maximum atomic E-state index is 11.9. The van der Waals surface area contributed by atoms with Crippen molar-refractivity contribution in [3.63, 3.8) is 0 Å². The fraction of sp³-hybridized carbons (Fsp3) is 0.391. The van der Waals surface area contributed by atoms with Gasteiger partial charge in [-0.15, -0.1) is 11.3 Å². The number of carbonyl (C=O) groups is 2. The minimum Gasteiger partial charge on any atom is -0.497 e. The van der Waals surface area contributed by atoms with Crippen LogP contribution in [-0.2, 0) is 9.59 Å². The van der Waals surface area contributed by atoms with Crippen molar-refractivity contribution >= 4 is 39.2 Å². The summed E-state index contributed by atoms with van der Waals surface area (Å²) in [5, 5.41) is 16.3. The minimum atomic E-state index is -1.03. The van der Waals surface area contributed by atoms with Crippen LogP contribution in [0.25, 0.3) is 22.3 Å². The van der Waals surface area contributed by atoms with E-state index in [0.717, 1.165) is 10.5 Å². The van der Waals surface area contributed by atoms with E-state index in [4.69, 9.17) is 14.5 Å². The molecule has 0 unspecified atom stereocenters. The number of rotatable bonds is 7. The molecule has 0 spiro atoms. The van der Waals surface area contributed by atoms with E-state index in [2.05, 4.69) is 10.3 Å². The number of aliphatic carboxylic acids is 1. The molecule has 1 saturated heterocycles. The number of nitrogens with zero attached hydrogens (tertiary/aromatic N) is 3. The molecule has 2 atom stereocenters. The largest absolute Gasteiger partial charge is 0.497 e. The average Bonchev–Trinajstić information content (AvgIpc) is 3.40. The Balaban J connectivity index is 1.71. The van der Waals surface area contributed by atoms with Crippen molar-refractivity contribution in [2.24, 2.45) is 0 Å². The van der Waals surface area contributed by atoms with Crippen LogP contribution < -0.4 is 14.8 Å². The normalized spacial score (nSPS) is 18.0. The Hall–Kier alpha value is -3.40. The molecule has 1 amide bonds. The Morgan fingerprint density at radius 1 is 1.24 bits per heavy atom. The van der Waals surface area contributed by atoms with Crippen LogP contribution in [-0.4, -0.2) is 63.7 Å². The summed E-state index contributed by atoms with van der Waals surface area (Å²) in [4.78, 5) is 34.3. The summed E-state index contributed by atoms with van der Waals surface area (Å²) in [5.41, 5.74) is 2.01. The van der Waals surface area contributed by atoms with Crippen LogP contribution in [0, 0.1) is 0 Å². The second-order valence-corrected chi connectivity index (χ2v) is 9.08. The molecule has 9 nitrogen and oxygen atoms in total. The van der Waals surface area contributed by atoms with Crippen LogP contribution >= 0.6 is 11.3 Å². The molecule has 174 valence electrons. The fourth-order valence-electron chi connectivity index (χ4n) is 3.88. The van der Waals surface area contributed by atoms with Gasteiger partial charge < -0.3 is 24.8 Å². The smallest absolute Gasteiger partial charge is 0.326 e. The topological polar surface area (TPSA) is 114 Å². The Labute approximate surface area is 195 Å². The van der Waals surface area contributed by atoms with E-state index >= 15 is 0 Å². The van der Waals surface area contributed by atoms with Crippen LogP contribution in [0.5, 0.6) is 11.5 Å². The van der Waals surface area contributed by atoms with Gasteiger partial charge in [0.2, 0.25) is 5.91 Å². The number of hydrogen-bond donors (Lipinski definition) is 2. The lowest BCUT2D eigenvalue weighted by molar-refractivity contribution is -0.147. The Bertz CT molecular complexity index is 1170. The summed E-state index contributed by atoms with van der Waals surface area (Å²) in [6.45, 7) is 5.67. The number of ether oxygens (including phenoxy) is 2. The van der Waals surface area contributed by atoms with Crippen molar-refractivity contribution in [2.45, 2.75) is 45.4 Å². The fourth-order valence-corrected chi connectivity index (χ4v) is 4.73. The quantitative estimate of drug-likeness (QED) is 0.538. The van der Waals surface area contributed by atoms with E-state index in [1.807, 2.05) is 43.5 Å². The zero-order chi connectivity index (χ0) is 23.7. The zero-order valence-electron chi connectivity index (χ0n) is 18.9. The standard InChI is InChI=1S/C23H26N4O5S/c1-12(2)24-23-26-19(11-33-23)18-9-21(16-6-5-14(31-4)7-17(16)25-18)32-15-8-20(22(29)30)27(10-15)13(3)28/h5-7,9,11-12,15,20H,8,10H2,1-4H3,(H,24,26)(H,29,30)/t15-,20+/m1/s1. The number of carboxylic acids is 1. The number of hydrogen-bond acceptors (Lipinski definition) is 8. The Morgan fingerprint density at radius 2 is 2.03 bits per heavy atom. The van der Waals surface area contributed by atoms with Gasteiger partial charge in [-0.3, -0.25) is 4.79 Å². The molecular weight excluding hydrogens is 444 g/mol. The molecule has 2 aromatic heterocycles. The first-order chi connectivity index (χ1) is 15.7. The highest BCUT2D eigenvalue weighted by molar-refractivity contribution is 7.14. The van der Waals surface area contributed by atoms with Crippen molar-refractivity contribution < 1.29 is 24.2 Å². The minimum absolute atomic E-state index is 0.209. The van der Waals surface area contributed by atoms with Gasteiger partial charge in [0.25, 0.3) is 0 Å². The maximum absolute atomic E-state index is 11.9. The van der Waals surface area contributed by atoms with Gasteiger partial charge in [-0.05, 0) is 26.0 Å². The van der Waals surface area contributed by atoms with Crippen molar-refractivity contribution in [3.05, 3.63) is 29.6 Å². The summed E-state index contributed by atoms with van der Waals surface area (Å²) in [6, 6.07) is 6.67. The van der Waals surface area contributed by atoms with E-state index in [0.29, 0.717) is 28.4 Å². The van der Waals surface area contributed by atoms with Crippen molar-refractivity contribution in [3.8, 4) is 22.9 Å². The number of aromatic nitrogens is 2. The third-order valence-electron chi connectivity index (χ3n) is 5.40. The number of carboxylic acid groups (broad SMARTS) is 1. The molecule has 4 rings (SSSR count). The van der Waals surface area contributed by atoms with Gasteiger partial charge in [0.15, 0.2) is 5.13 Å². The van der Waals surface area contributed by atoms with Gasteiger partial charge in [0, 0.05) is 42.3 Å². The predicted molar refractivity (Wildman–Crippen MR) is 126 cm³/mol. The lowest BCUT2D eigenvalue weighted by atomic mass is 10.1. The molecule has 10 heteroatoms. The van der Waals surface area contributed by atoms with Crippen LogP contribution in [0.3, 0.4) is 0 Å². The highest BCUT2D eigenvalue weighted by Crippen LogP contribution is 2.35. The summed E-state index contributed by atoms with van der Waals surface area (Å²) < 4.78 is 11.6. The van der Waals surface area contributed by atoms with Crippen molar-refractivity contribution in [1.82, 2.24) is 14.9 Å². The van der Waals surface area contributed by atoms with Crippen LogP contribution in [0.2, 0.25) is 0 Å². The average molecular weight is 471 g/mol. The SMILES string of the molecule is COc1ccc2c(O[C@@H]3C[C@@H](C(=O)O)N(C(C)=O)C3)cc(-c3csc(NC(C)C)n3)nc2c1. The van der Waals surface area contributed by atoms with Crippen molar-refractivity contribution in [2.75, 3.05) is 19.0 Å². The molecule has 0 saturated carbocycles. The molecule has 0 radical (unpaired) electrons. The molecule has 3 aromatic rings. The third-order valence-corrected chi connectivity index (χ3v) is 6.18. The van der Waals surface area contributed by atoms with E-state index in [9.17, 15) is 14.7 Å². The molecule has 1 aliphatic rings. The second kappa shape index (κ2) is 9.22. The molecule has 2 N–H and O–H groups in total. The van der Waals surface area contributed by atoms with Gasteiger partial charge in [-0.25, -0.2) is 14.8 Å². The van der Waals surface area contributed by atoms with Crippen molar-refractivity contribution in [1.29, 1.82) is 0 Å². The molecule has 0 bridgehead atoms. The summed E-state index contributed by atoms with van der Waals surface area (Å²) >= 11 is 1.49. The number of benzene rings is 1. The summed E-state index contributed by atoms with van der Waals surface area (Å²) in [7, 11) is 1.59. The first-order valence-electron chi connectivity index (χ1n) is 10.6. The number of likely N-dealkylation sites (tertiary alicyclic amines) is 1. The number of fused-ring (bicyclic) bond motifs is 1. The summed E-state index contributed by atoms with van der Waals surface area (Å²) in [6.07, 6.45) is -0.243. The molecule has 3 heterocycles. The second-order valence-electron chi connectivity index (χ2n) is 8.23. The highest BCUT2D eigenvalue weighted by atomic mass is 32.1. The number of carbonyl (C=O) groups excluding carboxylic acids is 1. The lowest BCUT2D eigenvalue weighted by Crippen LogP contribution is -2.39. The van der Waals surface area contributed by atoms with Gasteiger partial charge in [0.05, 0.1) is 24.9 Å². The van der Waals surface area contributed by atoms with Gasteiger partial charge in [-0.1, -0.05) is 0 Å². The molecule has 33 heavy (non-hydrogen) atoms. The molecule has 1 fully saturated rings. The number of amides is 1. The monoisotopic (exact) mass is 470 g/mol. The maximum Gasteiger partial charge on any atom is 0.326 e. The van der Waals surface area contributed by atoms with Crippen LogP contribution in [0.1, 0.15) is 27.2 Å². The van der Waals surface area contributed by atoms with Gasteiger partial charge in [0.1, 0.15) is 29.3 Å². The van der Waals surface area contributed by atoms with Gasteiger partial charge >= 0.3 is 5.97 Å². The lowest BCUT2D eigenvalue weighted by Gasteiger charge is -2.19. The number of anilines is 1. The zero-order valence-corrected chi connectivity index (χ0v) is 19.7. The van der Waals surface area contributed by atoms with Crippen LogP contribution in [0.15, 0.2) is 29.6 Å². The van der Waals surface area contributed by atoms with E-state index in [1.54, 1.807) is 7.11 Å². The number of methoxy groups -OCH3 is 1. The predicted octanol–water partition coefficient (Wildman–Crippen LogP) is 3.64. The molecule has 1 aliphatic heterocycles. The number of nitrogens with one attached hydrogen (secondary N) is 1. The van der Waals surface area contributed by atoms with Crippen LogP contribution in [0.4, 0.5) is 5.13 Å². The van der Waals surface area contributed by atoms with Gasteiger partial charge in [-0.2, -0.15) is 0 Å². The highest BCUT2D eigenvalue weighted by Gasteiger charge is 2.39. The molecule has 1 aromatic carbocycles. The van der Waals surface area contributed by atoms with E-state index < -0.39 is 18.1 Å². The number of thiazole rings is 1. The first kappa shape index (κ1) is 22.8. The third kappa shape index (κ3) is 4.85. The number of pyridine rings is 1.